The third kappa shape index (κ3) is 4.02. The zero-order valence-electron chi connectivity index (χ0n) is 13.8. The molecule has 4 heteroatoms. The highest BCUT2D eigenvalue weighted by molar-refractivity contribution is 5.88. The van der Waals surface area contributed by atoms with Crippen LogP contribution < -0.4 is 4.74 Å². The number of ether oxygens (including phenoxy) is 2. The smallest absolute Gasteiger partial charge is 0.127 e. The van der Waals surface area contributed by atoms with Gasteiger partial charge in [-0.05, 0) is 25.3 Å². The summed E-state index contributed by atoms with van der Waals surface area (Å²) >= 11 is 0. The number of hydrogen-bond donors (Lipinski definition) is 1. The average molecular weight is 315 g/mol. The number of aliphatic hydroxyl groups is 1. The normalized spacial score (nSPS) is 23.8. The molecular weight excluding hydrogens is 290 g/mol. The third-order valence-electron chi connectivity index (χ3n) is 4.36. The highest BCUT2D eigenvalue weighted by atomic mass is 16.5. The molecule has 1 aliphatic rings. The largest absolute Gasteiger partial charge is 0.490 e. The van der Waals surface area contributed by atoms with Crippen LogP contribution in [0.3, 0.4) is 0 Å². The van der Waals surface area contributed by atoms with E-state index in [1.165, 1.54) is 0 Å². The third-order valence-corrected chi connectivity index (χ3v) is 4.36. The van der Waals surface area contributed by atoms with Crippen molar-refractivity contribution in [2.75, 3.05) is 26.3 Å². The number of nitrogens with zero attached hydrogens (tertiary/aromatic N) is 1. The summed E-state index contributed by atoms with van der Waals surface area (Å²) in [5.41, 5.74) is 0. The summed E-state index contributed by atoms with van der Waals surface area (Å²) in [4.78, 5) is 2.27. The Morgan fingerprint density at radius 1 is 1.22 bits per heavy atom. The number of β-amino-alcohol motifs (C(OH)–C–C–N with tert-alkyl or cyclic N) is 1. The maximum absolute atomic E-state index is 10.3. The monoisotopic (exact) mass is 315 g/mol. The minimum Gasteiger partial charge on any atom is -0.490 e. The van der Waals surface area contributed by atoms with E-state index in [0.717, 1.165) is 29.7 Å². The molecule has 124 valence electrons. The van der Waals surface area contributed by atoms with Gasteiger partial charge in [-0.2, -0.15) is 0 Å². The number of aliphatic hydroxyl groups excluding tert-OH is 1. The van der Waals surface area contributed by atoms with Crippen molar-refractivity contribution in [2.24, 2.45) is 0 Å². The first-order valence-corrected chi connectivity index (χ1v) is 8.28. The van der Waals surface area contributed by atoms with Crippen LogP contribution in [0.4, 0.5) is 0 Å². The molecule has 1 N–H and O–H groups in total. The van der Waals surface area contributed by atoms with Gasteiger partial charge < -0.3 is 14.6 Å². The number of morpholine rings is 1. The van der Waals surface area contributed by atoms with Crippen LogP contribution >= 0.6 is 0 Å². The SMILES string of the molecule is CC1CN(CC(O)COc2cccc3ccccc23)C(C)CO1. The summed E-state index contributed by atoms with van der Waals surface area (Å²) in [5.74, 6) is 0.825. The fourth-order valence-electron chi connectivity index (χ4n) is 3.06. The van der Waals surface area contributed by atoms with Crippen LogP contribution in [0.15, 0.2) is 42.5 Å². The van der Waals surface area contributed by atoms with Gasteiger partial charge >= 0.3 is 0 Å². The van der Waals surface area contributed by atoms with Gasteiger partial charge in [-0.3, -0.25) is 4.90 Å². The van der Waals surface area contributed by atoms with Crippen molar-refractivity contribution in [2.45, 2.75) is 32.1 Å². The molecule has 0 saturated carbocycles. The molecule has 1 heterocycles. The molecule has 3 unspecified atom stereocenters. The highest BCUT2D eigenvalue weighted by Gasteiger charge is 2.25. The van der Waals surface area contributed by atoms with E-state index in [-0.39, 0.29) is 6.10 Å². The van der Waals surface area contributed by atoms with Crippen LogP contribution in [0.2, 0.25) is 0 Å². The molecular formula is C19H25NO3. The van der Waals surface area contributed by atoms with Crippen LogP contribution in [-0.4, -0.2) is 54.6 Å². The van der Waals surface area contributed by atoms with Gasteiger partial charge in [-0.25, -0.2) is 0 Å². The first kappa shape index (κ1) is 16.2. The van der Waals surface area contributed by atoms with Crippen molar-refractivity contribution in [1.82, 2.24) is 4.90 Å². The fraction of sp³-hybridized carbons (Fsp3) is 0.474. The molecule has 0 aliphatic carbocycles. The summed E-state index contributed by atoms with van der Waals surface area (Å²) in [5, 5.41) is 12.6. The minimum absolute atomic E-state index is 0.220. The maximum Gasteiger partial charge on any atom is 0.127 e. The lowest BCUT2D eigenvalue weighted by molar-refractivity contribution is -0.0650. The van der Waals surface area contributed by atoms with E-state index in [9.17, 15) is 5.11 Å². The van der Waals surface area contributed by atoms with Crippen LogP contribution in [0, 0.1) is 0 Å². The highest BCUT2D eigenvalue weighted by Crippen LogP contribution is 2.25. The van der Waals surface area contributed by atoms with E-state index in [2.05, 4.69) is 30.9 Å². The van der Waals surface area contributed by atoms with Gasteiger partial charge in [0.25, 0.3) is 0 Å². The second-order valence-electron chi connectivity index (χ2n) is 6.39. The van der Waals surface area contributed by atoms with Gasteiger partial charge in [-0.15, -0.1) is 0 Å². The van der Waals surface area contributed by atoms with Gasteiger partial charge in [0, 0.05) is 24.5 Å². The van der Waals surface area contributed by atoms with E-state index in [4.69, 9.17) is 9.47 Å². The summed E-state index contributed by atoms with van der Waals surface area (Å²) in [6.07, 6.45) is -0.292. The van der Waals surface area contributed by atoms with Crippen molar-refractivity contribution in [3.05, 3.63) is 42.5 Å². The minimum atomic E-state index is -0.512. The fourth-order valence-corrected chi connectivity index (χ4v) is 3.06. The summed E-state index contributed by atoms with van der Waals surface area (Å²) in [6, 6.07) is 14.5. The predicted octanol–water partition coefficient (Wildman–Crippen LogP) is 2.69. The summed E-state index contributed by atoms with van der Waals surface area (Å²) in [6.45, 7) is 6.68. The molecule has 0 radical (unpaired) electrons. The molecule has 0 aromatic heterocycles. The van der Waals surface area contributed by atoms with Crippen LogP contribution in [0.25, 0.3) is 10.8 Å². The molecule has 1 saturated heterocycles. The van der Waals surface area contributed by atoms with E-state index in [1.54, 1.807) is 0 Å². The topological polar surface area (TPSA) is 41.9 Å². The Balaban J connectivity index is 1.59. The Morgan fingerprint density at radius 2 is 2.00 bits per heavy atom. The Morgan fingerprint density at radius 3 is 2.87 bits per heavy atom. The lowest BCUT2D eigenvalue weighted by atomic mass is 10.1. The van der Waals surface area contributed by atoms with Crippen LogP contribution in [0.1, 0.15) is 13.8 Å². The quantitative estimate of drug-likeness (QED) is 0.921. The van der Waals surface area contributed by atoms with Gasteiger partial charge in [0.15, 0.2) is 0 Å². The Bertz CT molecular complexity index is 640. The Kier molecular flexibility index (Phi) is 5.16. The predicted molar refractivity (Wildman–Crippen MR) is 91.9 cm³/mol. The standard InChI is InChI=1S/C19H25NO3/c1-14-12-22-15(2)10-20(14)11-17(21)13-23-19-9-5-7-16-6-3-4-8-18(16)19/h3-9,14-15,17,21H,10-13H2,1-2H3. The first-order valence-electron chi connectivity index (χ1n) is 8.28. The van der Waals surface area contributed by atoms with Crippen molar-refractivity contribution in [3.63, 3.8) is 0 Å². The number of rotatable bonds is 5. The number of fused-ring (bicyclic) bond motifs is 1. The second-order valence-corrected chi connectivity index (χ2v) is 6.39. The molecule has 1 fully saturated rings. The molecule has 0 bridgehead atoms. The van der Waals surface area contributed by atoms with Crippen molar-refractivity contribution < 1.29 is 14.6 Å². The molecule has 1 aliphatic heterocycles. The van der Waals surface area contributed by atoms with E-state index >= 15 is 0 Å². The van der Waals surface area contributed by atoms with E-state index in [0.29, 0.717) is 19.2 Å². The number of hydrogen-bond acceptors (Lipinski definition) is 4. The first-order chi connectivity index (χ1) is 11.1. The molecule has 0 amide bonds. The Labute approximate surface area is 137 Å². The molecule has 3 rings (SSSR count). The zero-order valence-corrected chi connectivity index (χ0v) is 13.8. The average Bonchev–Trinajstić information content (AvgIpc) is 2.56. The van der Waals surface area contributed by atoms with Gasteiger partial charge in [-0.1, -0.05) is 36.4 Å². The lowest BCUT2D eigenvalue weighted by Gasteiger charge is -2.37. The lowest BCUT2D eigenvalue weighted by Crippen LogP contribution is -2.50. The zero-order chi connectivity index (χ0) is 16.2. The van der Waals surface area contributed by atoms with E-state index < -0.39 is 6.10 Å². The van der Waals surface area contributed by atoms with Gasteiger partial charge in [0.2, 0.25) is 0 Å². The number of benzene rings is 2. The van der Waals surface area contributed by atoms with E-state index in [1.807, 2.05) is 30.3 Å². The summed E-state index contributed by atoms with van der Waals surface area (Å²) in [7, 11) is 0. The second kappa shape index (κ2) is 7.30. The van der Waals surface area contributed by atoms with Crippen molar-refractivity contribution in [3.8, 4) is 5.75 Å². The maximum atomic E-state index is 10.3. The molecule has 23 heavy (non-hydrogen) atoms. The molecule has 2 aromatic carbocycles. The van der Waals surface area contributed by atoms with Gasteiger partial charge in [0.05, 0.1) is 12.7 Å². The van der Waals surface area contributed by atoms with Crippen molar-refractivity contribution >= 4 is 10.8 Å². The van der Waals surface area contributed by atoms with Gasteiger partial charge in [0.1, 0.15) is 18.5 Å². The Hall–Kier alpha value is -1.62. The molecule has 4 nitrogen and oxygen atoms in total. The van der Waals surface area contributed by atoms with Crippen LogP contribution in [-0.2, 0) is 4.74 Å². The molecule has 2 aromatic rings. The molecule has 0 spiro atoms. The van der Waals surface area contributed by atoms with Crippen molar-refractivity contribution in [1.29, 1.82) is 0 Å². The molecule has 3 atom stereocenters. The van der Waals surface area contributed by atoms with Crippen LogP contribution in [0.5, 0.6) is 5.75 Å². The summed E-state index contributed by atoms with van der Waals surface area (Å²) < 4.78 is 11.5.